The third-order valence-corrected chi connectivity index (χ3v) is 5.00. The van der Waals surface area contributed by atoms with Gasteiger partial charge in [0, 0.05) is 31.1 Å². The third kappa shape index (κ3) is 3.38. The second-order valence-corrected chi connectivity index (χ2v) is 6.63. The molecule has 24 heavy (non-hydrogen) atoms. The van der Waals surface area contributed by atoms with E-state index in [4.69, 9.17) is 11.6 Å². The predicted octanol–water partition coefficient (Wildman–Crippen LogP) is 0.860. The number of hydrogen-bond donors (Lipinski definition) is 1. The van der Waals surface area contributed by atoms with Crippen molar-refractivity contribution in [3.05, 3.63) is 34.9 Å². The summed E-state index contributed by atoms with van der Waals surface area (Å²) in [6, 6.07) is 7.57. The minimum atomic E-state index is -0.205. The summed E-state index contributed by atoms with van der Waals surface area (Å²) in [5.74, 6) is -0.335. The Bertz CT molecular complexity index is 679. The zero-order valence-corrected chi connectivity index (χ0v) is 14.3. The quantitative estimate of drug-likeness (QED) is 0.876. The van der Waals surface area contributed by atoms with E-state index in [0.29, 0.717) is 18.1 Å². The Hall–Kier alpha value is -2.08. The van der Waals surface area contributed by atoms with Gasteiger partial charge < -0.3 is 15.1 Å². The molecule has 0 radical (unpaired) electrons. The van der Waals surface area contributed by atoms with E-state index in [1.165, 1.54) is 11.9 Å². The van der Waals surface area contributed by atoms with Crippen molar-refractivity contribution in [2.24, 2.45) is 5.92 Å². The van der Waals surface area contributed by atoms with Gasteiger partial charge in [0.25, 0.3) is 0 Å². The number of amides is 3. The number of carbonyl (C=O) groups excluding carboxylic acids is 3. The standard InChI is InChI=1S/C17H20ClN3O3/c1-19-15(22)9-20-6-7-21(10-16(20)23)17(24)13-8-12(13)11-4-2-3-5-14(11)18/h2-5,12-13H,6-10H2,1H3,(H,19,22)/t12-,13-/m0/s1. The number of benzene rings is 1. The van der Waals surface area contributed by atoms with Gasteiger partial charge in [0.2, 0.25) is 17.7 Å². The van der Waals surface area contributed by atoms with Crippen LogP contribution in [0.4, 0.5) is 0 Å². The molecule has 0 aromatic heterocycles. The third-order valence-electron chi connectivity index (χ3n) is 4.66. The van der Waals surface area contributed by atoms with Crippen molar-refractivity contribution in [1.82, 2.24) is 15.1 Å². The van der Waals surface area contributed by atoms with Crippen LogP contribution in [0.15, 0.2) is 24.3 Å². The molecule has 2 atom stereocenters. The highest BCUT2D eigenvalue weighted by Crippen LogP contribution is 2.50. The Kier molecular flexibility index (Phi) is 4.76. The fourth-order valence-electron chi connectivity index (χ4n) is 3.14. The lowest BCUT2D eigenvalue weighted by Crippen LogP contribution is -2.54. The van der Waals surface area contributed by atoms with Crippen LogP contribution < -0.4 is 5.32 Å². The van der Waals surface area contributed by atoms with Crippen LogP contribution in [0.1, 0.15) is 17.9 Å². The summed E-state index contributed by atoms with van der Waals surface area (Å²) >= 11 is 6.20. The van der Waals surface area contributed by atoms with Gasteiger partial charge in [0.05, 0.1) is 13.1 Å². The first-order chi connectivity index (χ1) is 11.5. The lowest BCUT2D eigenvalue weighted by Gasteiger charge is -2.34. The SMILES string of the molecule is CNC(=O)CN1CCN(C(=O)[C@H]2C[C@H]2c2ccccc2Cl)CC1=O. The number of carbonyl (C=O) groups is 3. The van der Waals surface area contributed by atoms with Crippen molar-refractivity contribution in [1.29, 1.82) is 0 Å². The van der Waals surface area contributed by atoms with Crippen molar-refractivity contribution in [3.63, 3.8) is 0 Å². The van der Waals surface area contributed by atoms with Gasteiger partial charge in [-0.25, -0.2) is 0 Å². The molecule has 6 nitrogen and oxygen atoms in total. The molecule has 1 aliphatic heterocycles. The van der Waals surface area contributed by atoms with E-state index in [0.717, 1.165) is 12.0 Å². The molecule has 2 fully saturated rings. The number of piperazine rings is 1. The average molecular weight is 350 g/mol. The second-order valence-electron chi connectivity index (χ2n) is 6.22. The lowest BCUT2D eigenvalue weighted by molar-refractivity contribution is -0.147. The van der Waals surface area contributed by atoms with E-state index in [2.05, 4.69) is 5.32 Å². The summed E-state index contributed by atoms with van der Waals surface area (Å²) in [4.78, 5) is 39.2. The van der Waals surface area contributed by atoms with Gasteiger partial charge >= 0.3 is 0 Å². The molecule has 1 N–H and O–H groups in total. The smallest absolute Gasteiger partial charge is 0.242 e. The van der Waals surface area contributed by atoms with Crippen molar-refractivity contribution >= 4 is 29.3 Å². The molecule has 1 saturated carbocycles. The molecular formula is C17H20ClN3O3. The number of likely N-dealkylation sites (N-methyl/N-ethyl adjacent to an activating group) is 1. The zero-order chi connectivity index (χ0) is 17.3. The van der Waals surface area contributed by atoms with Gasteiger partial charge in [0.1, 0.15) is 0 Å². The van der Waals surface area contributed by atoms with E-state index in [1.807, 2.05) is 24.3 Å². The first-order valence-corrected chi connectivity index (χ1v) is 8.40. The molecule has 1 aromatic carbocycles. The van der Waals surface area contributed by atoms with Crippen molar-refractivity contribution in [2.45, 2.75) is 12.3 Å². The van der Waals surface area contributed by atoms with Crippen molar-refractivity contribution < 1.29 is 14.4 Å². The van der Waals surface area contributed by atoms with Crippen LogP contribution in [0, 0.1) is 5.92 Å². The number of hydrogen-bond acceptors (Lipinski definition) is 3. The van der Waals surface area contributed by atoms with Gasteiger partial charge in [-0.3, -0.25) is 14.4 Å². The largest absolute Gasteiger partial charge is 0.358 e. The summed E-state index contributed by atoms with van der Waals surface area (Å²) in [7, 11) is 1.54. The molecule has 128 valence electrons. The van der Waals surface area contributed by atoms with Gasteiger partial charge in [-0.2, -0.15) is 0 Å². The van der Waals surface area contributed by atoms with Gasteiger partial charge in [-0.15, -0.1) is 0 Å². The summed E-state index contributed by atoms with van der Waals surface area (Å²) < 4.78 is 0. The Morgan fingerprint density at radius 2 is 2.04 bits per heavy atom. The maximum absolute atomic E-state index is 12.6. The topological polar surface area (TPSA) is 69.7 Å². The van der Waals surface area contributed by atoms with E-state index >= 15 is 0 Å². The Morgan fingerprint density at radius 1 is 1.29 bits per heavy atom. The molecular weight excluding hydrogens is 330 g/mol. The van der Waals surface area contributed by atoms with Crippen LogP contribution >= 0.6 is 11.6 Å². The first-order valence-electron chi connectivity index (χ1n) is 8.03. The molecule has 2 aliphatic rings. The molecule has 0 bridgehead atoms. The number of rotatable bonds is 4. The predicted molar refractivity (Wildman–Crippen MR) is 89.5 cm³/mol. The minimum absolute atomic E-state index is 0.00728. The highest BCUT2D eigenvalue weighted by molar-refractivity contribution is 6.31. The van der Waals surface area contributed by atoms with Crippen LogP contribution in [-0.4, -0.2) is 60.7 Å². The van der Waals surface area contributed by atoms with Gasteiger partial charge in [0.15, 0.2) is 0 Å². The first kappa shape index (κ1) is 16.8. The summed E-state index contributed by atoms with van der Waals surface area (Å²) in [5.41, 5.74) is 1.00. The molecule has 3 rings (SSSR count). The lowest BCUT2D eigenvalue weighted by atomic mass is 10.1. The number of halogens is 1. The van der Waals surface area contributed by atoms with E-state index < -0.39 is 0 Å². The second kappa shape index (κ2) is 6.81. The van der Waals surface area contributed by atoms with Gasteiger partial charge in [-0.1, -0.05) is 29.8 Å². The summed E-state index contributed by atoms with van der Waals surface area (Å²) in [5, 5.41) is 3.18. The van der Waals surface area contributed by atoms with Gasteiger partial charge in [-0.05, 0) is 24.0 Å². The normalized spacial score (nSPS) is 23.2. The monoisotopic (exact) mass is 349 g/mol. The number of nitrogens with zero attached hydrogens (tertiary/aromatic N) is 2. The van der Waals surface area contributed by atoms with Crippen LogP contribution in [0.3, 0.4) is 0 Å². The maximum Gasteiger partial charge on any atom is 0.242 e. The fraction of sp³-hybridized carbons (Fsp3) is 0.471. The fourth-order valence-corrected chi connectivity index (χ4v) is 3.41. The highest BCUT2D eigenvalue weighted by atomic mass is 35.5. The molecule has 1 aliphatic carbocycles. The summed E-state index contributed by atoms with van der Waals surface area (Å²) in [6.45, 7) is 0.944. The Morgan fingerprint density at radius 3 is 2.71 bits per heavy atom. The van der Waals surface area contributed by atoms with E-state index in [9.17, 15) is 14.4 Å². The molecule has 1 saturated heterocycles. The minimum Gasteiger partial charge on any atom is -0.358 e. The van der Waals surface area contributed by atoms with Crippen LogP contribution in [0.5, 0.6) is 0 Å². The van der Waals surface area contributed by atoms with Crippen LogP contribution in [0.25, 0.3) is 0 Å². The molecule has 0 unspecified atom stereocenters. The Balaban J connectivity index is 1.57. The maximum atomic E-state index is 12.6. The summed E-state index contributed by atoms with van der Waals surface area (Å²) in [6.07, 6.45) is 0.773. The Labute approximate surface area is 145 Å². The molecule has 0 spiro atoms. The molecule has 1 heterocycles. The van der Waals surface area contributed by atoms with Crippen molar-refractivity contribution in [2.75, 3.05) is 33.2 Å². The molecule has 7 heteroatoms. The van der Waals surface area contributed by atoms with E-state index in [1.54, 1.807) is 4.90 Å². The van der Waals surface area contributed by atoms with Crippen LogP contribution in [0.2, 0.25) is 5.02 Å². The van der Waals surface area contributed by atoms with Crippen LogP contribution in [-0.2, 0) is 14.4 Å². The van der Waals surface area contributed by atoms with E-state index in [-0.39, 0.29) is 42.6 Å². The zero-order valence-electron chi connectivity index (χ0n) is 13.5. The average Bonchev–Trinajstić information content (AvgIpc) is 3.36. The molecule has 3 amide bonds. The highest BCUT2D eigenvalue weighted by Gasteiger charge is 2.47. The molecule has 1 aromatic rings. The van der Waals surface area contributed by atoms with Crippen molar-refractivity contribution in [3.8, 4) is 0 Å². The number of nitrogens with one attached hydrogen (secondary N) is 1.